The van der Waals surface area contributed by atoms with Crippen LogP contribution < -0.4 is 0 Å². The zero-order valence-electron chi connectivity index (χ0n) is 6.86. The maximum absolute atomic E-state index is 10.3. The fourth-order valence-electron chi connectivity index (χ4n) is 1.44. The molecule has 0 aliphatic carbocycles. The van der Waals surface area contributed by atoms with E-state index in [4.69, 9.17) is 10.4 Å². The molecule has 1 aliphatic rings. The van der Waals surface area contributed by atoms with Gasteiger partial charge in [0, 0.05) is 26.1 Å². The Morgan fingerprint density at radius 1 is 1.67 bits per heavy atom. The van der Waals surface area contributed by atoms with Crippen molar-refractivity contribution >= 4 is 5.97 Å². The maximum Gasteiger partial charge on any atom is 0.303 e. The summed E-state index contributed by atoms with van der Waals surface area (Å²) in [5, 5.41) is 16.7. The van der Waals surface area contributed by atoms with Crippen molar-refractivity contribution < 1.29 is 9.90 Å². The number of carbonyl (C=O) groups is 1. The summed E-state index contributed by atoms with van der Waals surface area (Å²) in [7, 11) is 0. The van der Waals surface area contributed by atoms with E-state index >= 15 is 0 Å². The molecule has 0 spiro atoms. The molecule has 1 heterocycles. The monoisotopic (exact) mass is 168 g/mol. The third-order valence-electron chi connectivity index (χ3n) is 2.04. The highest BCUT2D eigenvalue weighted by atomic mass is 16.4. The SMILES string of the molecule is N#CCCN1CC(CC(=O)O)C1. The zero-order valence-corrected chi connectivity index (χ0v) is 6.86. The lowest BCUT2D eigenvalue weighted by molar-refractivity contribution is -0.139. The molecule has 1 rings (SSSR count). The first-order chi connectivity index (χ1) is 5.72. The Hall–Kier alpha value is -1.08. The van der Waals surface area contributed by atoms with E-state index in [1.807, 2.05) is 0 Å². The number of nitriles is 1. The second kappa shape index (κ2) is 4.07. The average molecular weight is 168 g/mol. The molecule has 0 saturated carbocycles. The summed E-state index contributed by atoms with van der Waals surface area (Å²) in [5.74, 6) is -0.416. The van der Waals surface area contributed by atoms with Crippen LogP contribution in [0.15, 0.2) is 0 Å². The number of hydrogen-bond acceptors (Lipinski definition) is 3. The van der Waals surface area contributed by atoms with Crippen LogP contribution in [0, 0.1) is 17.2 Å². The molecule has 0 atom stereocenters. The van der Waals surface area contributed by atoms with Gasteiger partial charge in [-0.2, -0.15) is 5.26 Å². The maximum atomic E-state index is 10.3. The Labute approximate surface area is 71.4 Å². The van der Waals surface area contributed by atoms with Gasteiger partial charge < -0.3 is 10.0 Å². The number of rotatable bonds is 4. The Balaban J connectivity index is 2.04. The van der Waals surface area contributed by atoms with E-state index in [2.05, 4.69) is 11.0 Å². The Bertz CT molecular complexity index is 204. The lowest BCUT2D eigenvalue weighted by atomic mass is 9.96. The molecule has 1 aliphatic heterocycles. The van der Waals surface area contributed by atoms with Crippen molar-refractivity contribution in [1.82, 2.24) is 4.90 Å². The standard InChI is InChI=1S/C8H12N2O2/c9-2-1-3-10-5-7(6-10)4-8(11)12/h7H,1,3-6H2,(H,11,12). The topological polar surface area (TPSA) is 64.3 Å². The van der Waals surface area contributed by atoms with E-state index in [1.54, 1.807) is 0 Å². The third kappa shape index (κ3) is 2.51. The summed E-state index contributed by atoms with van der Waals surface area (Å²) in [5.41, 5.74) is 0. The van der Waals surface area contributed by atoms with E-state index in [0.29, 0.717) is 12.3 Å². The van der Waals surface area contributed by atoms with Crippen molar-refractivity contribution in [3.63, 3.8) is 0 Å². The highest BCUT2D eigenvalue weighted by molar-refractivity contribution is 5.67. The minimum atomic E-state index is -0.722. The van der Waals surface area contributed by atoms with Gasteiger partial charge in [-0.25, -0.2) is 0 Å². The van der Waals surface area contributed by atoms with Gasteiger partial charge in [0.2, 0.25) is 0 Å². The second-order valence-electron chi connectivity index (χ2n) is 3.13. The van der Waals surface area contributed by atoms with Crippen LogP contribution in [-0.4, -0.2) is 35.6 Å². The molecule has 12 heavy (non-hydrogen) atoms. The Morgan fingerprint density at radius 2 is 2.33 bits per heavy atom. The first-order valence-corrected chi connectivity index (χ1v) is 4.03. The fraction of sp³-hybridized carbons (Fsp3) is 0.750. The summed E-state index contributed by atoms with van der Waals surface area (Å²) >= 11 is 0. The minimum absolute atomic E-state index is 0.267. The molecule has 0 aromatic heterocycles. The molecule has 1 saturated heterocycles. The molecule has 4 nitrogen and oxygen atoms in total. The lowest BCUT2D eigenvalue weighted by Crippen LogP contribution is -2.47. The largest absolute Gasteiger partial charge is 0.481 e. The predicted molar refractivity (Wildman–Crippen MR) is 42.4 cm³/mol. The fourth-order valence-corrected chi connectivity index (χ4v) is 1.44. The molecule has 0 aromatic rings. The highest BCUT2D eigenvalue weighted by Gasteiger charge is 2.27. The van der Waals surface area contributed by atoms with Crippen LogP contribution in [-0.2, 0) is 4.79 Å². The van der Waals surface area contributed by atoms with Crippen molar-refractivity contribution in [2.75, 3.05) is 19.6 Å². The first-order valence-electron chi connectivity index (χ1n) is 4.03. The lowest BCUT2D eigenvalue weighted by Gasteiger charge is -2.37. The van der Waals surface area contributed by atoms with Crippen LogP contribution in [0.25, 0.3) is 0 Å². The summed E-state index contributed by atoms with van der Waals surface area (Å²) in [4.78, 5) is 12.4. The van der Waals surface area contributed by atoms with E-state index in [0.717, 1.165) is 19.6 Å². The summed E-state index contributed by atoms with van der Waals surface area (Å²) in [6.07, 6.45) is 0.808. The van der Waals surface area contributed by atoms with E-state index in [-0.39, 0.29) is 6.42 Å². The number of aliphatic carboxylic acids is 1. The predicted octanol–water partition coefficient (Wildman–Crippen LogP) is 0.307. The van der Waals surface area contributed by atoms with Crippen molar-refractivity contribution in [3.8, 4) is 6.07 Å². The van der Waals surface area contributed by atoms with Crippen LogP contribution in [0.5, 0.6) is 0 Å². The van der Waals surface area contributed by atoms with Crippen LogP contribution in [0.4, 0.5) is 0 Å². The zero-order chi connectivity index (χ0) is 8.97. The quantitative estimate of drug-likeness (QED) is 0.656. The second-order valence-corrected chi connectivity index (χ2v) is 3.13. The molecule has 0 aromatic carbocycles. The van der Waals surface area contributed by atoms with Gasteiger partial charge in [0.1, 0.15) is 0 Å². The number of carboxylic acids is 1. The van der Waals surface area contributed by atoms with Crippen molar-refractivity contribution in [3.05, 3.63) is 0 Å². The van der Waals surface area contributed by atoms with Crippen LogP contribution >= 0.6 is 0 Å². The highest BCUT2D eigenvalue weighted by Crippen LogP contribution is 2.18. The summed E-state index contributed by atoms with van der Waals surface area (Å²) in [6.45, 7) is 2.47. The molecule has 66 valence electrons. The van der Waals surface area contributed by atoms with Crippen LogP contribution in [0.1, 0.15) is 12.8 Å². The van der Waals surface area contributed by atoms with Gasteiger partial charge in [0.15, 0.2) is 0 Å². The normalized spacial score (nSPS) is 18.2. The van der Waals surface area contributed by atoms with Crippen LogP contribution in [0.2, 0.25) is 0 Å². The molecule has 4 heteroatoms. The molecular weight excluding hydrogens is 156 g/mol. The van der Waals surface area contributed by atoms with E-state index in [1.165, 1.54) is 0 Å². The van der Waals surface area contributed by atoms with Crippen molar-refractivity contribution in [2.45, 2.75) is 12.8 Å². The Morgan fingerprint density at radius 3 is 2.83 bits per heavy atom. The van der Waals surface area contributed by atoms with E-state index in [9.17, 15) is 4.79 Å². The smallest absolute Gasteiger partial charge is 0.303 e. The molecule has 0 amide bonds. The van der Waals surface area contributed by atoms with Gasteiger partial charge in [0.25, 0.3) is 0 Å². The molecule has 1 fully saturated rings. The molecule has 1 N–H and O–H groups in total. The number of nitrogens with zero attached hydrogens (tertiary/aromatic N) is 2. The van der Waals surface area contributed by atoms with E-state index < -0.39 is 5.97 Å². The molecule has 0 bridgehead atoms. The Kier molecular flexibility index (Phi) is 3.06. The molecule has 0 radical (unpaired) electrons. The van der Waals surface area contributed by atoms with Crippen molar-refractivity contribution in [1.29, 1.82) is 5.26 Å². The summed E-state index contributed by atoms with van der Waals surface area (Å²) < 4.78 is 0. The first kappa shape index (κ1) is 9.01. The molecule has 0 unspecified atom stereocenters. The van der Waals surface area contributed by atoms with Gasteiger partial charge in [-0.15, -0.1) is 0 Å². The number of carboxylic acid groups (broad SMARTS) is 1. The number of hydrogen-bond donors (Lipinski definition) is 1. The van der Waals surface area contributed by atoms with Gasteiger partial charge in [-0.1, -0.05) is 0 Å². The van der Waals surface area contributed by atoms with Gasteiger partial charge in [0.05, 0.1) is 12.5 Å². The van der Waals surface area contributed by atoms with Gasteiger partial charge in [-0.3, -0.25) is 4.79 Å². The number of likely N-dealkylation sites (tertiary alicyclic amines) is 1. The average Bonchev–Trinajstić information content (AvgIpc) is 1.93. The van der Waals surface area contributed by atoms with Gasteiger partial charge in [-0.05, 0) is 5.92 Å². The third-order valence-corrected chi connectivity index (χ3v) is 2.04. The minimum Gasteiger partial charge on any atom is -0.481 e. The van der Waals surface area contributed by atoms with Crippen LogP contribution in [0.3, 0.4) is 0 Å². The van der Waals surface area contributed by atoms with Crippen molar-refractivity contribution in [2.24, 2.45) is 5.92 Å². The van der Waals surface area contributed by atoms with Gasteiger partial charge >= 0.3 is 5.97 Å². The molecular formula is C8H12N2O2. The summed E-state index contributed by atoms with van der Waals surface area (Å²) in [6, 6.07) is 2.06.